The second-order valence-electron chi connectivity index (χ2n) is 10.5. The van der Waals surface area contributed by atoms with Gasteiger partial charge in [-0.25, -0.2) is 19.4 Å². The first-order valence-corrected chi connectivity index (χ1v) is 11.6. The number of halogens is 3. The van der Waals surface area contributed by atoms with E-state index in [1.807, 2.05) is 0 Å². The fourth-order valence-corrected chi connectivity index (χ4v) is 3.62. The van der Waals surface area contributed by atoms with E-state index in [1.54, 1.807) is 48.6 Å². The Bertz CT molecular complexity index is 1410. The molecule has 0 aliphatic carbocycles. The third-order valence-corrected chi connectivity index (χ3v) is 5.04. The molecule has 3 rings (SSSR count). The van der Waals surface area contributed by atoms with E-state index in [0.717, 1.165) is 7.11 Å². The minimum absolute atomic E-state index is 0.0339. The molecule has 0 atom stereocenters. The number of esters is 1. The highest BCUT2D eigenvalue weighted by Crippen LogP contribution is 2.35. The van der Waals surface area contributed by atoms with Crippen LogP contribution in [0.15, 0.2) is 18.3 Å². The Hall–Kier alpha value is -3.94. The van der Waals surface area contributed by atoms with E-state index in [2.05, 4.69) is 14.8 Å². The number of pyridine rings is 1. The zero-order valence-electron chi connectivity index (χ0n) is 22.7. The molecular formula is C25H29F3N4O7. The van der Waals surface area contributed by atoms with Crippen molar-refractivity contribution in [2.24, 2.45) is 7.05 Å². The van der Waals surface area contributed by atoms with Gasteiger partial charge in [0.25, 0.3) is 0 Å². The molecule has 11 nitrogen and oxygen atoms in total. The zero-order chi connectivity index (χ0) is 29.5. The molecule has 0 radical (unpaired) electrons. The normalized spacial score (nSPS) is 12.5. The van der Waals surface area contributed by atoms with Gasteiger partial charge < -0.3 is 14.2 Å². The number of amides is 2. The average Bonchev–Trinajstić information content (AvgIpc) is 3.15. The van der Waals surface area contributed by atoms with Gasteiger partial charge in [0.1, 0.15) is 11.2 Å². The van der Waals surface area contributed by atoms with Crippen molar-refractivity contribution in [1.82, 2.24) is 14.8 Å². The first-order chi connectivity index (χ1) is 17.8. The number of fused-ring (bicyclic) bond motifs is 3. The Morgan fingerprint density at radius 3 is 2.00 bits per heavy atom. The summed E-state index contributed by atoms with van der Waals surface area (Å²) in [6, 6.07) is 2.48. The number of nitrogens with zero attached hydrogens (tertiary/aromatic N) is 4. The summed E-state index contributed by atoms with van der Waals surface area (Å²) in [5.41, 5.74) is -2.03. The van der Waals surface area contributed by atoms with Gasteiger partial charge >= 0.3 is 24.5 Å². The van der Waals surface area contributed by atoms with Gasteiger partial charge in [0, 0.05) is 12.4 Å². The van der Waals surface area contributed by atoms with E-state index >= 15 is 0 Å². The van der Waals surface area contributed by atoms with Crippen molar-refractivity contribution in [3.05, 3.63) is 29.5 Å². The molecule has 0 fully saturated rings. The van der Waals surface area contributed by atoms with E-state index in [4.69, 9.17) is 14.2 Å². The molecule has 39 heavy (non-hydrogen) atoms. The molecule has 2 aromatic heterocycles. The van der Waals surface area contributed by atoms with Crippen molar-refractivity contribution in [3.8, 4) is 0 Å². The van der Waals surface area contributed by atoms with Gasteiger partial charge in [-0.3, -0.25) is 9.42 Å². The highest BCUT2D eigenvalue weighted by atomic mass is 19.4. The summed E-state index contributed by atoms with van der Waals surface area (Å²) in [6.45, 7) is 8.60. The highest BCUT2D eigenvalue weighted by molar-refractivity contribution is 6.18. The number of imide groups is 1. The summed E-state index contributed by atoms with van der Waals surface area (Å²) in [7, 11) is 2.65. The maximum absolute atomic E-state index is 13.3. The molecular weight excluding hydrogens is 525 g/mol. The molecule has 0 aliphatic rings. The number of carbonyl (C=O) groups excluding carboxylic acids is 3. The average molecular weight is 555 g/mol. The number of methoxy groups -OCH3 is 1. The van der Waals surface area contributed by atoms with Crippen LogP contribution < -0.4 is 4.90 Å². The summed E-state index contributed by atoms with van der Waals surface area (Å²) in [5.74, 6) is -1.14. The van der Waals surface area contributed by atoms with Crippen molar-refractivity contribution >= 4 is 45.8 Å². The SMILES string of the molecule is COC(=O)c1cc2c(cc1COC(F)(F)F)nc(N(C(=O)OC(C)(C)C)C(=O)OC(C)(C)C)c1cnn(C)c12. The number of aryl methyl sites for hydroxylation is 1. The predicted molar refractivity (Wildman–Crippen MR) is 133 cm³/mol. The molecule has 0 spiro atoms. The maximum atomic E-state index is 13.3. The fourth-order valence-electron chi connectivity index (χ4n) is 3.62. The minimum Gasteiger partial charge on any atom is -0.465 e. The van der Waals surface area contributed by atoms with Crippen molar-refractivity contribution in [1.29, 1.82) is 0 Å². The number of benzene rings is 1. The quantitative estimate of drug-likeness (QED) is 0.299. The zero-order valence-corrected chi connectivity index (χ0v) is 22.7. The lowest BCUT2D eigenvalue weighted by Gasteiger charge is -2.28. The number of hydrogen-bond acceptors (Lipinski definition) is 9. The Labute approximate surface area is 221 Å². The monoisotopic (exact) mass is 554 g/mol. The van der Waals surface area contributed by atoms with Gasteiger partial charge in [0.05, 0.1) is 41.9 Å². The van der Waals surface area contributed by atoms with Crippen molar-refractivity contribution in [3.63, 3.8) is 0 Å². The predicted octanol–water partition coefficient (Wildman–Crippen LogP) is 5.62. The van der Waals surface area contributed by atoms with Crippen LogP contribution in [0.5, 0.6) is 0 Å². The summed E-state index contributed by atoms with van der Waals surface area (Å²) < 4.78 is 59.5. The summed E-state index contributed by atoms with van der Waals surface area (Å²) >= 11 is 0. The van der Waals surface area contributed by atoms with Crippen LogP contribution in [-0.2, 0) is 32.6 Å². The lowest BCUT2D eigenvalue weighted by molar-refractivity contribution is -0.330. The van der Waals surface area contributed by atoms with Gasteiger partial charge in [-0.05, 0) is 59.2 Å². The summed E-state index contributed by atoms with van der Waals surface area (Å²) in [6.07, 6.45) is -5.82. The number of aromatic nitrogens is 3. The fraction of sp³-hybridized carbons (Fsp3) is 0.480. The standard InChI is InChI=1S/C25H29F3N4O7/c1-23(2,3)38-21(34)32(22(35)39-24(4,5)6)19-16-11-29-31(7)18(16)15-10-14(20(33)36-8)13(9-17(15)30-19)12-37-25(26,27)28/h9-11H,12H2,1-8H3. The van der Waals surface area contributed by atoms with E-state index < -0.39 is 42.3 Å². The van der Waals surface area contributed by atoms with E-state index in [-0.39, 0.29) is 27.8 Å². The molecule has 2 amide bonds. The molecule has 0 bridgehead atoms. The molecule has 2 heterocycles. The smallest absolute Gasteiger partial charge is 0.465 e. The van der Waals surface area contributed by atoms with Crippen molar-refractivity contribution < 1.29 is 46.5 Å². The number of hydrogen-bond donors (Lipinski definition) is 0. The molecule has 1 aromatic carbocycles. The number of alkyl halides is 3. The number of rotatable bonds is 4. The van der Waals surface area contributed by atoms with Gasteiger partial charge in [-0.15, -0.1) is 13.2 Å². The minimum atomic E-state index is -4.98. The third kappa shape index (κ3) is 6.93. The lowest BCUT2D eigenvalue weighted by Crippen LogP contribution is -2.44. The molecule has 14 heteroatoms. The van der Waals surface area contributed by atoms with Crippen LogP contribution in [0.2, 0.25) is 0 Å². The second-order valence-corrected chi connectivity index (χ2v) is 10.5. The number of anilines is 1. The molecule has 0 saturated heterocycles. The number of carbonyl (C=O) groups is 3. The Morgan fingerprint density at radius 2 is 1.51 bits per heavy atom. The molecule has 0 aliphatic heterocycles. The van der Waals surface area contributed by atoms with Crippen molar-refractivity contribution in [2.45, 2.75) is 65.7 Å². The van der Waals surface area contributed by atoms with E-state index in [0.29, 0.717) is 15.8 Å². The largest absolute Gasteiger partial charge is 0.522 e. The second kappa shape index (κ2) is 10.3. The van der Waals surface area contributed by atoms with Crippen LogP contribution in [0.1, 0.15) is 57.5 Å². The Kier molecular flexibility index (Phi) is 7.84. The Balaban J connectivity index is 2.35. The summed E-state index contributed by atoms with van der Waals surface area (Å²) in [5, 5.41) is 4.69. The first kappa shape index (κ1) is 29.6. The molecule has 212 valence electrons. The van der Waals surface area contributed by atoms with Crippen molar-refractivity contribution in [2.75, 3.05) is 12.0 Å². The molecule has 0 saturated carbocycles. The van der Waals surface area contributed by atoms with E-state index in [9.17, 15) is 27.6 Å². The first-order valence-electron chi connectivity index (χ1n) is 11.6. The molecule has 3 aromatic rings. The van der Waals surface area contributed by atoms with E-state index in [1.165, 1.54) is 23.0 Å². The van der Waals surface area contributed by atoms with Crippen LogP contribution >= 0.6 is 0 Å². The highest BCUT2D eigenvalue weighted by Gasteiger charge is 2.36. The summed E-state index contributed by atoms with van der Waals surface area (Å²) in [4.78, 5) is 44.0. The number of ether oxygens (including phenoxy) is 4. The topological polar surface area (TPSA) is 122 Å². The Morgan fingerprint density at radius 1 is 0.949 bits per heavy atom. The van der Waals surface area contributed by atoms with Gasteiger partial charge in [0.2, 0.25) is 0 Å². The van der Waals surface area contributed by atoms with Crippen LogP contribution in [0.3, 0.4) is 0 Å². The lowest BCUT2D eigenvalue weighted by atomic mass is 10.0. The van der Waals surface area contributed by atoms with Crippen LogP contribution in [0.25, 0.3) is 21.8 Å². The van der Waals surface area contributed by atoms with Crippen LogP contribution in [0, 0.1) is 0 Å². The van der Waals surface area contributed by atoms with Crippen LogP contribution in [-0.4, -0.2) is 57.6 Å². The third-order valence-electron chi connectivity index (χ3n) is 5.04. The molecule has 0 N–H and O–H groups in total. The van der Waals surface area contributed by atoms with Gasteiger partial charge in [-0.2, -0.15) is 10.00 Å². The molecule has 0 unspecified atom stereocenters. The van der Waals surface area contributed by atoms with Gasteiger partial charge in [-0.1, -0.05) is 0 Å². The maximum Gasteiger partial charge on any atom is 0.522 e. The van der Waals surface area contributed by atoms with Gasteiger partial charge in [0.15, 0.2) is 5.82 Å². The van der Waals surface area contributed by atoms with Crippen LogP contribution in [0.4, 0.5) is 28.6 Å².